The van der Waals surface area contributed by atoms with Crippen LogP contribution in [-0.4, -0.2) is 57.7 Å². The lowest BCUT2D eigenvalue weighted by Crippen LogP contribution is -2.40. The van der Waals surface area contributed by atoms with Crippen LogP contribution < -0.4 is 10.6 Å². The van der Waals surface area contributed by atoms with Gasteiger partial charge in [0.1, 0.15) is 0 Å². The van der Waals surface area contributed by atoms with E-state index >= 15 is 0 Å². The minimum atomic E-state index is -3.07. The van der Waals surface area contributed by atoms with E-state index in [1.54, 1.807) is 4.31 Å². The molecule has 0 radical (unpaired) electrons. The van der Waals surface area contributed by atoms with Crippen molar-refractivity contribution in [1.82, 2.24) is 14.9 Å². The number of piperidine rings is 1. The number of rotatable bonds is 7. The molecule has 0 spiro atoms. The lowest BCUT2D eigenvalue weighted by Gasteiger charge is -2.29. The quantitative estimate of drug-likeness (QED) is 0.543. The highest BCUT2D eigenvalue weighted by Gasteiger charge is 2.24. The van der Waals surface area contributed by atoms with Gasteiger partial charge >= 0.3 is 0 Å². The zero-order chi connectivity index (χ0) is 19.0. The molecule has 1 aliphatic rings. The van der Waals surface area contributed by atoms with Crippen LogP contribution in [0.5, 0.6) is 0 Å². The highest BCUT2D eigenvalue weighted by atomic mass is 35.5. The highest BCUT2D eigenvalue weighted by Crippen LogP contribution is 2.19. The van der Waals surface area contributed by atoms with Gasteiger partial charge in [-0.05, 0) is 49.8 Å². The van der Waals surface area contributed by atoms with E-state index in [1.807, 2.05) is 31.2 Å². The highest BCUT2D eigenvalue weighted by molar-refractivity contribution is 7.88. The van der Waals surface area contributed by atoms with Crippen molar-refractivity contribution in [2.24, 2.45) is 10.9 Å². The predicted octanol–water partition coefficient (Wildman–Crippen LogP) is 2.11. The first-order valence-corrected chi connectivity index (χ1v) is 11.3. The summed E-state index contributed by atoms with van der Waals surface area (Å²) in [5.41, 5.74) is 1.23. The second-order valence-corrected chi connectivity index (χ2v) is 9.05. The molecule has 1 aromatic carbocycles. The second-order valence-electron chi connectivity index (χ2n) is 6.63. The van der Waals surface area contributed by atoms with Crippen LogP contribution in [0.4, 0.5) is 0 Å². The van der Waals surface area contributed by atoms with Crippen LogP contribution in [0.25, 0.3) is 0 Å². The van der Waals surface area contributed by atoms with Crippen molar-refractivity contribution in [3.05, 3.63) is 34.9 Å². The molecule has 8 heteroatoms. The zero-order valence-corrected chi connectivity index (χ0v) is 17.1. The number of hydrogen-bond donors (Lipinski definition) is 2. The topological polar surface area (TPSA) is 73.8 Å². The van der Waals surface area contributed by atoms with Crippen molar-refractivity contribution < 1.29 is 8.42 Å². The summed E-state index contributed by atoms with van der Waals surface area (Å²) >= 11 is 5.91. The molecule has 1 heterocycles. The van der Waals surface area contributed by atoms with Gasteiger partial charge in [-0.1, -0.05) is 23.7 Å². The van der Waals surface area contributed by atoms with Crippen LogP contribution in [0, 0.1) is 5.92 Å². The summed E-state index contributed by atoms with van der Waals surface area (Å²) in [6.45, 7) is 5.55. The van der Waals surface area contributed by atoms with Crippen LogP contribution in [0.15, 0.2) is 29.3 Å². The van der Waals surface area contributed by atoms with Gasteiger partial charge in [-0.15, -0.1) is 0 Å². The maximum absolute atomic E-state index is 11.6. The lowest BCUT2D eigenvalue weighted by atomic mass is 9.98. The third kappa shape index (κ3) is 7.13. The van der Waals surface area contributed by atoms with Gasteiger partial charge in [0.15, 0.2) is 5.96 Å². The maximum Gasteiger partial charge on any atom is 0.211 e. The van der Waals surface area contributed by atoms with Gasteiger partial charge in [-0.3, -0.25) is 4.99 Å². The molecule has 0 atom stereocenters. The first-order chi connectivity index (χ1) is 12.4. The molecule has 2 rings (SSSR count). The van der Waals surface area contributed by atoms with Crippen molar-refractivity contribution in [2.45, 2.75) is 26.2 Å². The molecule has 1 aromatic rings. The molecule has 1 saturated heterocycles. The average Bonchev–Trinajstić information content (AvgIpc) is 2.61. The molecule has 0 bridgehead atoms. The van der Waals surface area contributed by atoms with E-state index in [9.17, 15) is 8.42 Å². The Labute approximate surface area is 162 Å². The largest absolute Gasteiger partial charge is 0.357 e. The summed E-state index contributed by atoms with van der Waals surface area (Å²) in [7, 11) is -3.07. The Morgan fingerprint density at radius 2 is 1.88 bits per heavy atom. The fraction of sp³-hybridized carbons (Fsp3) is 0.611. The van der Waals surface area contributed by atoms with Gasteiger partial charge in [0, 0.05) is 37.7 Å². The number of sulfonamides is 1. The minimum Gasteiger partial charge on any atom is -0.357 e. The summed E-state index contributed by atoms with van der Waals surface area (Å²) < 4.78 is 24.7. The average molecular weight is 401 g/mol. The van der Waals surface area contributed by atoms with E-state index in [1.165, 1.54) is 11.8 Å². The zero-order valence-electron chi connectivity index (χ0n) is 15.5. The van der Waals surface area contributed by atoms with E-state index in [2.05, 4.69) is 15.6 Å². The Morgan fingerprint density at radius 3 is 2.46 bits per heavy atom. The van der Waals surface area contributed by atoms with Gasteiger partial charge in [-0.2, -0.15) is 0 Å². The molecule has 0 aromatic heterocycles. The first-order valence-electron chi connectivity index (χ1n) is 9.10. The molecule has 146 valence electrons. The van der Waals surface area contributed by atoms with Crippen LogP contribution in [-0.2, 0) is 16.4 Å². The van der Waals surface area contributed by atoms with Crippen LogP contribution in [0.1, 0.15) is 25.3 Å². The van der Waals surface area contributed by atoms with Crippen LogP contribution in [0.3, 0.4) is 0 Å². The van der Waals surface area contributed by atoms with E-state index in [0.717, 1.165) is 43.3 Å². The van der Waals surface area contributed by atoms with Crippen molar-refractivity contribution >= 4 is 27.6 Å². The summed E-state index contributed by atoms with van der Waals surface area (Å²) in [5, 5.41) is 7.37. The molecular formula is C18H29ClN4O2S. The Hall–Kier alpha value is -1.31. The molecular weight excluding hydrogens is 372 g/mol. The van der Waals surface area contributed by atoms with E-state index in [4.69, 9.17) is 11.6 Å². The van der Waals surface area contributed by atoms with Crippen LogP contribution >= 0.6 is 11.6 Å². The molecule has 2 N–H and O–H groups in total. The number of nitrogens with one attached hydrogen (secondary N) is 2. The van der Waals surface area contributed by atoms with Crippen LogP contribution in [0.2, 0.25) is 5.02 Å². The van der Waals surface area contributed by atoms with Crippen molar-refractivity contribution in [2.75, 3.05) is 39.0 Å². The summed E-state index contributed by atoms with van der Waals surface area (Å²) in [5.74, 6) is 1.24. The summed E-state index contributed by atoms with van der Waals surface area (Å²) in [4.78, 5) is 4.68. The SMILES string of the molecule is CCNC(=NCC1CCN(S(C)(=O)=O)CC1)NCCc1ccc(Cl)cc1. The van der Waals surface area contributed by atoms with Crippen molar-refractivity contribution in [3.63, 3.8) is 0 Å². The molecule has 0 unspecified atom stereocenters. The maximum atomic E-state index is 11.6. The number of nitrogens with zero attached hydrogens (tertiary/aromatic N) is 2. The number of benzene rings is 1. The fourth-order valence-electron chi connectivity index (χ4n) is 2.96. The van der Waals surface area contributed by atoms with Gasteiger partial charge in [-0.25, -0.2) is 12.7 Å². The number of hydrogen-bond acceptors (Lipinski definition) is 3. The Kier molecular flexibility index (Phi) is 8.18. The predicted molar refractivity (Wildman–Crippen MR) is 108 cm³/mol. The minimum absolute atomic E-state index is 0.430. The number of aliphatic imine (C=N–C) groups is 1. The number of guanidine groups is 1. The molecule has 0 amide bonds. The van der Waals surface area contributed by atoms with Gasteiger partial charge in [0.05, 0.1) is 6.26 Å². The first kappa shape index (κ1) is 21.0. The third-order valence-corrected chi connectivity index (χ3v) is 6.07. The van der Waals surface area contributed by atoms with E-state index in [0.29, 0.717) is 25.6 Å². The monoisotopic (exact) mass is 400 g/mol. The van der Waals surface area contributed by atoms with Gasteiger partial charge in [0.25, 0.3) is 0 Å². The molecule has 1 fully saturated rings. The lowest BCUT2D eigenvalue weighted by molar-refractivity contribution is 0.280. The standard InChI is InChI=1S/C18H29ClN4O2S/c1-3-20-18(21-11-8-15-4-6-17(19)7-5-15)22-14-16-9-12-23(13-10-16)26(2,24)25/h4-7,16H,3,8-14H2,1-2H3,(H2,20,21,22). The Morgan fingerprint density at radius 1 is 1.23 bits per heavy atom. The van der Waals surface area contributed by atoms with Gasteiger partial charge < -0.3 is 10.6 Å². The normalized spacial score (nSPS) is 17.3. The van der Waals surface area contributed by atoms with Gasteiger partial charge in [0.2, 0.25) is 10.0 Å². The number of halogens is 1. The third-order valence-electron chi connectivity index (χ3n) is 4.51. The molecule has 6 nitrogen and oxygen atoms in total. The second kappa shape index (κ2) is 10.1. The molecule has 0 aliphatic carbocycles. The van der Waals surface area contributed by atoms with E-state index in [-0.39, 0.29) is 0 Å². The van der Waals surface area contributed by atoms with Crippen molar-refractivity contribution in [1.29, 1.82) is 0 Å². The fourth-order valence-corrected chi connectivity index (χ4v) is 3.96. The summed E-state index contributed by atoms with van der Waals surface area (Å²) in [6, 6.07) is 7.87. The van der Waals surface area contributed by atoms with Crippen molar-refractivity contribution in [3.8, 4) is 0 Å². The smallest absolute Gasteiger partial charge is 0.211 e. The van der Waals surface area contributed by atoms with E-state index < -0.39 is 10.0 Å². The Balaban J connectivity index is 1.78. The summed E-state index contributed by atoms with van der Waals surface area (Å²) in [6.07, 6.45) is 3.90. The molecule has 26 heavy (non-hydrogen) atoms. The Bertz CT molecular complexity index is 684. The molecule has 1 aliphatic heterocycles. The molecule has 0 saturated carbocycles.